The average molecular weight is 423 g/mol. The highest BCUT2D eigenvalue weighted by atomic mass is 35.5. The van der Waals surface area contributed by atoms with Crippen LogP contribution in [0.5, 0.6) is 11.5 Å². The molecule has 0 radical (unpaired) electrons. The first-order valence-electron chi connectivity index (χ1n) is 9.37. The lowest BCUT2D eigenvalue weighted by Crippen LogP contribution is -2.52. The van der Waals surface area contributed by atoms with Gasteiger partial charge in [-0.05, 0) is 44.2 Å². The number of para-hydroxylation sites is 2. The van der Waals surface area contributed by atoms with Crippen molar-refractivity contribution in [2.75, 3.05) is 37.7 Å². The molecule has 3 rings (SSSR count). The lowest BCUT2D eigenvalue weighted by molar-refractivity contribution is -0.138. The van der Waals surface area contributed by atoms with Gasteiger partial charge in [0.2, 0.25) is 0 Å². The smallest absolute Gasteiger partial charge is 0.263 e. The molecule has 1 heterocycles. The Balaban J connectivity index is 1.59. The van der Waals surface area contributed by atoms with E-state index < -0.39 is 6.10 Å². The molecule has 5 nitrogen and oxygen atoms in total. The Hall–Kier alpha value is -2.11. The van der Waals surface area contributed by atoms with Crippen molar-refractivity contribution in [1.82, 2.24) is 4.90 Å². The standard InChI is InChI=1S/C21H24Cl2N2O3/c1-3-27-20-7-5-4-6-18(20)24-10-12-25(13-11-24)21(26)15(2)28-19-9-8-16(22)14-17(19)23/h4-9,14-15H,3,10-13H2,1-2H3/t15-/m0/s1. The number of benzene rings is 2. The van der Waals surface area contributed by atoms with Crippen LogP contribution in [-0.2, 0) is 4.79 Å². The predicted octanol–water partition coefficient (Wildman–Crippen LogP) is 4.51. The van der Waals surface area contributed by atoms with Crippen LogP contribution < -0.4 is 14.4 Å². The highest BCUT2D eigenvalue weighted by molar-refractivity contribution is 6.35. The van der Waals surface area contributed by atoms with Crippen molar-refractivity contribution in [1.29, 1.82) is 0 Å². The minimum absolute atomic E-state index is 0.0521. The fourth-order valence-electron chi connectivity index (χ4n) is 3.23. The molecule has 1 atom stereocenters. The zero-order chi connectivity index (χ0) is 20.1. The predicted molar refractivity (Wildman–Crippen MR) is 113 cm³/mol. The van der Waals surface area contributed by atoms with Crippen LogP contribution in [-0.4, -0.2) is 49.7 Å². The van der Waals surface area contributed by atoms with E-state index >= 15 is 0 Å². The first-order chi connectivity index (χ1) is 13.5. The molecule has 2 aromatic rings. The highest BCUT2D eigenvalue weighted by Crippen LogP contribution is 2.30. The first-order valence-corrected chi connectivity index (χ1v) is 10.1. The molecule has 7 heteroatoms. The number of hydrogen-bond acceptors (Lipinski definition) is 4. The van der Waals surface area contributed by atoms with Gasteiger partial charge in [-0.1, -0.05) is 35.3 Å². The maximum Gasteiger partial charge on any atom is 0.263 e. The van der Waals surface area contributed by atoms with Crippen molar-refractivity contribution in [3.05, 3.63) is 52.5 Å². The number of piperazine rings is 1. The molecule has 0 aromatic heterocycles. The average Bonchev–Trinajstić information content (AvgIpc) is 2.70. The molecule has 1 aliphatic heterocycles. The molecule has 1 fully saturated rings. The number of carbonyl (C=O) groups is 1. The van der Waals surface area contributed by atoms with E-state index in [1.807, 2.05) is 30.0 Å². The van der Waals surface area contributed by atoms with E-state index in [-0.39, 0.29) is 5.91 Å². The molecule has 0 N–H and O–H groups in total. The van der Waals surface area contributed by atoms with Crippen molar-refractivity contribution < 1.29 is 14.3 Å². The lowest BCUT2D eigenvalue weighted by atomic mass is 10.2. The second-order valence-electron chi connectivity index (χ2n) is 6.55. The molecular formula is C21H24Cl2N2O3. The van der Waals surface area contributed by atoms with Gasteiger partial charge in [0, 0.05) is 31.2 Å². The van der Waals surface area contributed by atoms with Gasteiger partial charge in [0.1, 0.15) is 11.5 Å². The molecule has 0 spiro atoms. The third-order valence-corrected chi connectivity index (χ3v) is 5.17. The summed E-state index contributed by atoms with van der Waals surface area (Å²) < 4.78 is 11.5. The topological polar surface area (TPSA) is 42.0 Å². The maximum absolute atomic E-state index is 12.8. The molecule has 0 saturated carbocycles. The largest absolute Gasteiger partial charge is 0.492 e. The Morgan fingerprint density at radius 3 is 2.46 bits per heavy atom. The lowest BCUT2D eigenvalue weighted by Gasteiger charge is -2.37. The zero-order valence-corrected chi connectivity index (χ0v) is 17.5. The second kappa shape index (κ2) is 9.39. The van der Waals surface area contributed by atoms with Crippen molar-refractivity contribution >= 4 is 34.8 Å². The number of amides is 1. The Morgan fingerprint density at radius 2 is 1.79 bits per heavy atom. The SMILES string of the molecule is CCOc1ccccc1N1CCN(C(=O)[C@H](C)Oc2ccc(Cl)cc2Cl)CC1. The Morgan fingerprint density at radius 1 is 1.07 bits per heavy atom. The first kappa shape index (κ1) is 20.6. The molecule has 0 unspecified atom stereocenters. The van der Waals surface area contributed by atoms with Crippen LogP contribution in [0.3, 0.4) is 0 Å². The van der Waals surface area contributed by atoms with E-state index in [1.54, 1.807) is 25.1 Å². The summed E-state index contributed by atoms with van der Waals surface area (Å²) >= 11 is 12.0. The zero-order valence-electron chi connectivity index (χ0n) is 16.0. The molecular weight excluding hydrogens is 399 g/mol. The molecule has 0 aliphatic carbocycles. The van der Waals surface area contributed by atoms with Crippen LogP contribution >= 0.6 is 23.2 Å². The van der Waals surface area contributed by atoms with E-state index in [2.05, 4.69) is 11.0 Å². The van der Waals surface area contributed by atoms with Crippen LogP contribution in [0.25, 0.3) is 0 Å². The van der Waals surface area contributed by atoms with Gasteiger partial charge >= 0.3 is 0 Å². The third kappa shape index (κ3) is 4.83. The van der Waals surface area contributed by atoms with Crippen LogP contribution in [0, 0.1) is 0 Å². The summed E-state index contributed by atoms with van der Waals surface area (Å²) in [5.41, 5.74) is 1.06. The Labute approximate surface area is 175 Å². The molecule has 150 valence electrons. The van der Waals surface area contributed by atoms with Gasteiger partial charge in [-0.25, -0.2) is 0 Å². The number of nitrogens with zero attached hydrogens (tertiary/aromatic N) is 2. The number of ether oxygens (including phenoxy) is 2. The fraction of sp³-hybridized carbons (Fsp3) is 0.381. The number of hydrogen-bond donors (Lipinski definition) is 0. The summed E-state index contributed by atoms with van der Waals surface area (Å²) in [7, 11) is 0. The van der Waals surface area contributed by atoms with Gasteiger partial charge in [0.05, 0.1) is 17.3 Å². The molecule has 2 aromatic carbocycles. The Bertz CT molecular complexity index is 823. The van der Waals surface area contributed by atoms with E-state index in [0.717, 1.165) is 24.5 Å². The molecule has 1 saturated heterocycles. The number of carbonyl (C=O) groups excluding carboxylic acids is 1. The van der Waals surface area contributed by atoms with Crippen LogP contribution in [0.15, 0.2) is 42.5 Å². The van der Waals surface area contributed by atoms with E-state index in [1.165, 1.54) is 0 Å². The minimum atomic E-state index is -0.624. The van der Waals surface area contributed by atoms with Gasteiger partial charge < -0.3 is 19.3 Å². The Kier molecular flexibility index (Phi) is 6.92. The van der Waals surface area contributed by atoms with Crippen LogP contribution in [0.4, 0.5) is 5.69 Å². The van der Waals surface area contributed by atoms with Crippen molar-refractivity contribution in [3.63, 3.8) is 0 Å². The van der Waals surface area contributed by atoms with E-state index in [4.69, 9.17) is 32.7 Å². The summed E-state index contributed by atoms with van der Waals surface area (Å²) in [6.45, 7) is 7.07. The van der Waals surface area contributed by atoms with Crippen molar-refractivity contribution in [2.24, 2.45) is 0 Å². The van der Waals surface area contributed by atoms with Gasteiger partial charge in [-0.15, -0.1) is 0 Å². The van der Waals surface area contributed by atoms with Crippen LogP contribution in [0.1, 0.15) is 13.8 Å². The number of halogens is 2. The summed E-state index contributed by atoms with van der Waals surface area (Å²) in [6, 6.07) is 13.0. The fourth-order valence-corrected chi connectivity index (χ4v) is 3.69. The maximum atomic E-state index is 12.8. The monoisotopic (exact) mass is 422 g/mol. The summed E-state index contributed by atoms with van der Waals surface area (Å²) in [5.74, 6) is 1.28. The van der Waals surface area contributed by atoms with Crippen molar-refractivity contribution in [2.45, 2.75) is 20.0 Å². The number of anilines is 1. The van der Waals surface area contributed by atoms with Gasteiger partial charge in [0.25, 0.3) is 5.91 Å². The molecule has 0 bridgehead atoms. The van der Waals surface area contributed by atoms with Crippen LogP contribution in [0.2, 0.25) is 10.0 Å². The summed E-state index contributed by atoms with van der Waals surface area (Å²) in [5, 5.41) is 0.921. The third-order valence-electron chi connectivity index (χ3n) is 4.64. The number of rotatable bonds is 6. The second-order valence-corrected chi connectivity index (χ2v) is 7.39. The summed E-state index contributed by atoms with van der Waals surface area (Å²) in [6.07, 6.45) is -0.624. The molecule has 1 amide bonds. The summed E-state index contributed by atoms with van der Waals surface area (Å²) in [4.78, 5) is 16.9. The van der Waals surface area contributed by atoms with Gasteiger partial charge in [-0.3, -0.25) is 4.79 Å². The molecule has 1 aliphatic rings. The van der Waals surface area contributed by atoms with Crippen molar-refractivity contribution in [3.8, 4) is 11.5 Å². The minimum Gasteiger partial charge on any atom is -0.492 e. The van der Waals surface area contributed by atoms with E-state index in [9.17, 15) is 4.79 Å². The van der Waals surface area contributed by atoms with Gasteiger partial charge in [-0.2, -0.15) is 0 Å². The highest BCUT2D eigenvalue weighted by Gasteiger charge is 2.27. The quantitative estimate of drug-likeness (QED) is 0.686. The normalized spacial score (nSPS) is 15.3. The molecule has 28 heavy (non-hydrogen) atoms. The van der Waals surface area contributed by atoms with E-state index in [0.29, 0.717) is 35.5 Å². The van der Waals surface area contributed by atoms with Gasteiger partial charge in [0.15, 0.2) is 6.10 Å².